The quantitative estimate of drug-likeness (QED) is 0.733. The maximum atomic E-state index is 11.6. The molecular formula is C10H11NO4. The van der Waals surface area contributed by atoms with E-state index in [0.717, 1.165) is 0 Å². The normalized spacial score (nSPS) is 9.93. The average Bonchev–Trinajstić information content (AvgIpc) is 2.15. The summed E-state index contributed by atoms with van der Waals surface area (Å²) >= 11 is 0. The third kappa shape index (κ3) is 2.77. The van der Waals surface area contributed by atoms with E-state index in [9.17, 15) is 14.4 Å². The highest BCUT2D eigenvalue weighted by molar-refractivity contribution is 5.93. The molecule has 5 nitrogen and oxygen atoms in total. The average molecular weight is 209 g/mol. The molecule has 0 bridgehead atoms. The molecule has 0 fully saturated rings. The molecule has 0 aliphatic carbocycles. The number of aromatic nitrogens is 1. The van der Waals surface area contributed by atoms with Crippen molar-refractivity contribution in [3.05, 3.63) is 34.2 Å². The van der Waals surface area contributed by atoms with Crippen LogP contribution in [0, 0.1) is 0 Å². The Hall–Kier alpha value is -1.91. The second-order valence-electron chi connectivity index (χ2n) is 3.12. The maximum Gasteiger partial charge on any atom is 0.305 e. The predicted molar refractivity (Wildman–Crippen MR) is 53.0 cm³/mol. The molecule has 0 aromatic carbocycles. The van der Waals surface area contributed by atoms with Crippen molar-refractivity contribution in [1.29, 1.82) is 0 Å². The van der Waals surface area contributed by atoms with Gasteiger partial charge in [0.2, 0.25) is 0 Å². The minimum atomic E-state index is -0.977. The molecule has 0 spiro atoms. The summed E-state index contributed by atoms with van der Waals surface area (Å²) in [5.41, 5.74) is -0.353. The molecule has 0 unspecified atom stereocenters. The molecule has 0 aliphatic heterocycles. The third-order valence-corrected chi connectivity index (χ3v) is 1.97. The summed E-state index contributed by atoms with van der Waals surface area (Å²) in [6.07, 6.45) is 1.33. The molecule has 80 valence electrons. The molecule has 0 atom stereocenters. The number of carboxylic acid groups (broad SMARTS) is 1. The molecule has 0 aliphatic rings. The number of rotatable bonds is 4. The van der Waals surface area contributed by atoms with Gasteiger partial charge in [0.15, 0.2) is 5.78 Å². The van der Waals surface area contributed by atoms with Crippen molar-refractivity contribution in [3.63, 3.8) is 0 Å². The van der Waals surface area contributed by atoms with E-state index < -0.39 is 11.5 Å². The van der Waals surface area contributed by atoms with Crippen LogP contribution < -0.4 is 5.56 Å². The number of aryl methyl sites for hydroxylation is 1. The second-order valence-corrected chi connectivity index (χ2v) is 3.12. The number of carbonyl (C=O) groups excluding carboxylic acids is 1. The lowest BCUT2D eigenvalue weighted by molar-refractivity contribution is -0.137. The topological polar surface area (TPSA) is 76.4 Å². The molecule has 0 saturated heterocycles. The van der Waals surface area contributed by atoms with E-state index in [1.54, 1.807) is 6.07 Å². The van der Waals surface area contributed by atoms with E-state index >= 15 is 0 Å². The first-order chi connectivity index (χ1) is 7.02. The van der Waals surface area contributed by atoms with Crippen LogP contribution >= 0.6 is 0 Å². The Kier molecular flexibility index (Phi) is 3.38. The number of aliphatic carboxylic acids is 1. The lowest BCUT2D eigenvalue weighted by Crippen LogP contribution is -2.25. The van der Waals surface area contributed by atoms with Gasteiger partial charge in [0.05, 0.1) is 12.0 Å². The van der Waals surface area contributed by atoms with E-state index in [2.05, 4.69) is 0 Å². The first-order valence-corrected chi connectivity index (χ1v) is 4.44. The van der Waals surface area contributed by atoms with Gasteiger partial charge in [-0.2, -0.15) is 0 Å². The number of ketones is 1. The van der Waals surface area contributed by atoms with Crippen LogP contribution in [0.25, 0.3) is 0 Å². The van der Waals surface area contributed by atoms with E-state index in [4.69, 9.17) is 5.11 Å². The Labute approximate surface area is 86.0 Å². The first kappa shape index (κ1) is 11.2. The Morgan fingerprint density at radius 3 is 2.67 bits per heavy atom. The zero-order chi connectivity index (χ0) is 11.4. The Morgan fingerprint density at radius 2 is 2.13 bits per heavy atom. The number of Topliss-reactive ketones (excluding diaryl/α,β-unsaturated/α-hetero) is 1. The highest BCUT2D eigenvalue weighted by atomic mass is 16.4. The molecule has 1 N–H and O–H groups in total. The summed E-state index contributed by atoms with van der Waals surface area (Å²) in [6.45, 7) is 1.38. The van der Waals surface area contributed by atoms with Crippen molar-refractivity contribution in [1.82, 2.24) is 4.57 Å². The van der Waals surface area contributed by atoms with Gasteiger partial charge in [-0.1, -0.05) is 0 Å². The lowest BCUT2D eigenvalue weighted by Gasteiger charge is -2.04. The number of hydrogen-bond donors (Lipinski definition) is 1. The van der Waals surface area contributed by atoms with Crippen LogP contribution in [0.3, 0.4) is 0 Å². The minimum Gasteiger partial charge on any atom is -0.481 e. The zero-order valence-corrected chi connectivity index (χ0v) is 8.27. The molecule has 0 saturated carbocycles. The van der Waals surface area contributed by atoms with Gasteiger partial charge < -0.3 is 9.67 Å². The summed E-state index contributed by atoms with van der Waals surface area (Å²) in [6, 6.07) is 2.99. The molecule has 1 rings (SSSR count). The summed E-state index contributed by atoms with van der Waals surface area (Å²) in [5.74, 6) is -1.29. The molecule has 0 amide bonds. The SMILES string of the molecule is CC(=O)c1cccn(CCC(=O)O)c1=O. The summed E-state index contributed by atoms with van der Waals surface area (Å²) < 4.78 is 1.23. The van der Waals surface area contributed by atoms with Crippen molar-refractivity contribution in [2.75, 3.05) is 0 Å². The van der Waals surface area contributed by atoms with E-state index in [1.807, 2.05) is 0 Å². The third-order valence-electron chi connectivity index (χ3n) is 1.97. The number of hydrogen-bond acceptors (Lipinski definition) is 3. The van der Waals surface area contributed by atoms with Gasteiger partial charge in [-0.05, 0) is 19.1 Å². The molecule has 1 aromatic rings. The molecule has 1 aromatic heterocycles. The van der Waals surface area contributed by atoms with Gasteiger partial charge in [0.25, 0.3) is 5.56 Å². The van der Waals surface area contributed by atoms with Crippen LogP contribution in [-0.4, -0.2) is 21.4 Å². The standard InChI is InChI=1S/C10H11NO4/c1-7(12)8-3-2-5-11(10(8)15)6-4-9(13)14/h2-3,5H,4,6H2,1H3,(H,13,14). The molecular weight excluding hydrogens is 198 g/mol. The van der Waals surface area contributed by atoms with Crippen molar-refractivity contribution >= 4 is 11.8 Å². The van der Waals surface area contributed by atoms with Gasteiger partial charge in [0.1, 0.15) is 0 Å². The second kappa shape index (κ2) is 4.54. The van der Waals surface area contributed by atoms with Crippen molar-refractivity contribution in [2.45, 2.75) is 19.9 Å². The van der Waals surface area contributed by atoms with Crippen LogP contribution in [0.4, 0.5) is 0 Å². The van der Waals surface area contributed by atoms with Gasteiger partial charge in [-0.3, -0.25) is 14.4 Å². The van der Waals surface area contributed by atoms with E-state index in [1.165, 1.54) is 23.8 Å². The Balaban J connectivity index is 3.00. The summed E-state index contributed by atoms with van der Waals surface area (Å²) in [4.78, 5) is 32.9. The predicted octanol–water partition coefficient (Wildman–Crippen LogP) is 0.526. The monoisotopic (exact) mass is 209 g/mol. The molecule has 1 heterocycles. The van der Waals surface area contributed by atoms with Crippen LogP contribution in [0.2, 0.25) is 0 Å². The number of carbonyl (C=O) groups is 2. The van der Waals surface area contributed by atoms with Crippen LogP contribution in [0.1, 0.15) is 23.7 Å². The van der Waals surface area contributed by atoms with Gasteiger partial charge >= 0.3 is 5.97 Å². The zero-order valence-electron chi connectivity index (χ0n) is 8.27. The first-order valence-electron chi connectivity index (χ1n) is 4.44. The highest BCUT2D eigenvalue weighted by Crippen LogP contribution is 1.94. The molecule has 5 heteroatoms. The molecule has 0 radical (unpaired) electrons. The van der Waals surface area contributed by atoms with Gasteiger partial charge in [-0.25, -0.2) is 0 Å². The summed E-state index contributed by atoms with van der Waals surface area (Å²) in [7, 11) is 0. The highest BCUT2D eigenvalue weighted by Gasteiger charge is 2.07. The van der Waals surface area contributed by atoms with E-state index in [-0.39, 0.29) is 24.3 Å². The maximum absolute atomic E-state index is 11.6. The van der Waals surface area contributed by atoms with Gasteiger partial charge in [0, 0.05) is 12.7 Å². The molecule has 15 heavy (non-hydrogen) atoms. The smallest absolute Gasteiger partial charge is 0.305 e. The van der Waals surface area contributed by atoms with Crippen LogP contribution in [0.5, 0.6) is 0 Å². The van der Waals surface area contributed by atoms with Gasteiger partial charge in [-0.15, -0.1) is 0 Å². The van der Waals surface area contributed by atoms with E-state index in [0.29, 0.717) is 0 Å². The fourth-order valence-electron chi connectivity index (χ4n) is 1.20. The number of nitrogens with zero attached hydrogens (tertiary/aromatic N) is 1. The van der Waals surface area contributed by atoms with Crippen LogP contribution in [-0.2, 0) is 11.3 Å². The van der Waals surface area contributed by atoms with Crippen molar-refractivity contribution < 1.29 is 14.7 Å². The fraction of sp³-hybridized carbons (Fsp3) is 0.300. The number of pyridine rings is 1. The Bertz CT molecular complexity index is 447. The minimum absolute atomic E-state index is 0.0787. The lowest BCUT2D eigenvalue weighted by atomic mass is 10.2. The van der Waals surface area contributed by atoms with Crippen LogP contribution in [0.15, 0.2) is 23.1 Å². The van der Waals surface area contributed by atoms with Crippen molar-refractivity contribution in [3.8, 4) is 0 Å². The number of carboxylic acids is 1. The Morgan fingerprint density at radius 1 is 1.47 bits per heavy atom. The van der Waals surface area contributed by atoms with Crippen molar-refractivity contribution in [2.24, 2.45) is 0 Å². The fourth-order valence-corrected chi connectivity index (χ4v) is 1.20. The summed E-state index contributed by atoms with van der Waals surface area (Å²) in [5, 5.41) is 8.46. The largest absolute Gasteiger partial charge is 0.481 e.